The van der Waals surface area contributed by atoms with Gasteiger partial charge in [-0.05, 0) is 76.6 Å². The van der Waals surface area contributed by atoms with Gasteiger partial charge in [-0.1, -0.05) is 6.07 Å². The maximum Gasteiger partial charge on any atom is 0.257 e. The first-order valence-corrected chi connectivity index (χ1v) is 12.6. The number of fused-ring (bicyclic) bond motifs is 1. The summed E-state index contributed by atoms with van der Waals surface area (Å²) in [6.07, 6.45) is 5.53. The van der Waals surface area contributed by atoms with Gasteiger partial charge in [0.1, 0.15) is 12.1 Å². The number of carbonyl (C=O) groups excluding carboxylic acids is 1. The van der Waals surface area contributed by atoms with E-state index in [-0.39, 0.29) is 17.3 Å². The summed E-state index contributed by atoms with van der Waals surface area (Å²) in [5, 5.41) is 0. The molecule has 1 amide bonds. The Morgan fingerprint density at radius 3 is 2.47 bits per heavy atom. The first-order chi connectivity index (χ1) is 16.3. The minimum atomic E-state index is -0.125. The third-order valence-corrected chi connectivity index (χ3v) is 8.56. The lowest BCUT2D eigenvalue weighted by molar-refractivity contribution is -0.0298. The lowest BCUT2D eigenvalue weighted by Gasteiger charge is -2.52. The molecule has 0 bridgehead atoms. The van der Waals surface area contributed by atoms with E-state index in [4.69, 9.17) is 0 Å². The summed E-state index contributed by atoms with van der Waals surface area (Å²) in [5.74, 6) is -0.0627. The molecule has 0 spiro atoms. The Balaban J connectivity index is 1.22. The van der Waals surface area contributed by atoms with Crippen LogP contribution in [0.2, 0.25) is 0 Å². The Morgan fingerprint density at radius 2 is 1.79 bits per heavy atom. The number of benzene rings is 1. The largest absolute Gasteiger partial charge is 0.338 e. The third kappa shape index (κ3) is 4.13. The Bertz CT molecular complexity index is 1060. The van der Waals surface area contributed by atoms with Gasteiger partial charge in [-0.3, -0.25) is 14.6 Å². The summed E-state index contributed by atoms with van der Waals surface area (Å²) in [6, 6.07) is 6.17. The fourth-order valence-electron chi connectivity index (χ4n) is 6.40. The fourth-order valence-corrected chi connectivity index (χ4v) is 6.40. The molecule has 0 radical (unpaired) electrons. The van der Waals surface area contributed by atoms with E-state index in [0.29, 0.717) is 17.6 Å². The summed E-state index contributed by atoms with van der Waals surface area (Å²) in [4.78, 5) is 28.9. The molecule has 0 N–H and O–H groups in total. The number of rotatable bonds is 3. The maximum absolute atomic E-state index is 13.7. The topological polar surface area (TPSA) is 52.6 Å². The highest BCUT2D eigenvalue weighted by atomic mass is 19.1. The van der Waals surface area contributed by atoms with Gasteiger partial charge in [-0.15, -0.1) is 0 Å². The van der Waals surface area contributed by atoms with E-state index in [1.165, 1.54) is 17.5 Å². The van der Waals surface area contributed by atoms with Crippen LogP contribution in [-0.4, -0.2) is 74.9 Å². The molecule has 1 aliphatic carbocycles. The summed E-state index contributed by atoms with van der Waals surface area (Å²) < 4.78 is 13.7. The van der Waals surface area contributed by atoms with E-state index in [1.54, 1.807) is 12.1 Å². The maximum atomic E-state index is 13.7. The molecule has 1 aromatic heterocycles. The van der Waals surface area contributed by atoms with Crippen molar-refractivity contribution in [2.24, 2.45) is 0 Å². The second kappa shape index (κ2) is 9.00. The van der Waals surface area contributed by atoms with Crippen molar-refractivity contribution in [1.82, 2.24) is 24.7 Å². The molecule has 2 atom stereocenters. The van der Waals surface area contributed by atoms with E-state index < -0.39 is 0 Å². The molecule has 2 aromatic rings. The summed E-state index contributed by atoms with van der Waals surface area (Å²) in [5.41, 5.74) is 4.77. The van der Waals surface area contributed by atoms with Gasteiger partial charge in [0, 0.05) is 50.3 Å². The van der Waals surface area contributed by atoms with Gasteiger partial charge in [0.15, 0.2) is 0 Å². The average molecular weight is 466 g/mol. The molecule has 34 heavy (non-hydrogen) atoms. The zero-order chi connectivity index (χ0) is 24.0. The van der Waals surface area contributed by atoms with Crippen molar-refractivity contribution in [2.75, 3.05) is 32.7 Å². The average Bonchev–Trinajstić information content (AvgIpc) is 3.22. The van der Waals surface area contributed by atoms with E-state index in [0.717, 1.165) is 69.8 Å². The monoisotopic (exact) mass is 465 g/mol. The highest BCUT2D eigenvalue weighted by Gasteiger charge is 2.42. The predicted molar refractivity (Wildman–Crippen MR) is 130 cm³/mol. The van der Waals surface area contributed by atoms with Gasteiger partial charge >= 0.3 is 0 Å². The van der Waals surface area contributed by atoms with Crippen LogP contribution in [0.15, 0.2) is 24.5 Å². The summed E-state index contributed by atoms with van der Waals surface area (Å²) in [7, 11) is 0. The zero-order valence-electron chi connectivity index (χ0n) is 20.9. The first kappa shape index (κ1) is 23.4. The Labute approximate surface area is 202 Å². The Hall–Kier alpha value is -2.38. The molecule has 2 aliphatic heterocycles. The standard InChI is InChI=1S/C27H36FN5O/c1-18-16-32(13-14-33(18)24-8-5-21-15-22(28)6-7-23(21)24)27(4)9-11-31(12-10-27)26(34)25-19(2)29-17-30-20(25)3/h6-7,15,17-18,24H,5,8-14,16H2,1-4H3. The SMILES string of the molecule is Cc1ncnc(C)c1C(=O)N1CCC(C)(N2CCN(C3CCc4cc(F)ccc43)C(C)C2)CC1. The normalized spacial score (nSPS) is 25.4. The van der Waals surface area contributed by atoms with Crippen molar-refractivity contribution in [2.45, 2.75) is 71.0 Å². The molecule has 2 fully saturated rings. The summed E-state index contributed by atoms with van der Waals surface area (Å²) >= 11 is 0. The zero-order valence-corrected chi connectivity index (χ0v) is 20.9. The number of aromatic nitrogens is 2. The second-order valence-corrected chi connectivity index (χ2v) is 10.6. The molecule has 2 saturated heterocycles. The number of halogens is 1. The number of likely N-dealkylation sites (tertiary alicyclic amines) is 1. The van der Waals surface area contributed by atoms with E-state index in [9.17, 15) is 9.18 Å². The molecule has 5 rings (SSSR count). The van der Waals surface area contributed by atoms with Crippen LogP contribution in [0.4, 0.5) is 4.39 Å². The number of nitrogens with zero attached hydrogens (tertiary/aromatic N) is 5. The third-order valence-electron chi connectivity index (χ3n) is 8.56. The molecule has 182 valence electrons. The number of carbonyl (C=O) groups is 1. The molecule has 6 nitrogen and oxygen atoms in total. The first-order valence-electron chi connectivity index (χ1n) is 12.6. The van der Waals surface area contributed by atoms with Gasteiger partial charge in [0.05, 0.1) is 17.0 Å². The highest BCUT2D eigenvalue weighted by molar-refractivity contribution is 5.96. The molecule has 2 unspecified atom stereocenters. The van der Waals surface area contributed by atoms with Crippen LogP contribution in [-0.2, 0) is 6.42 Å². The predicted octanol–water partition coefficient (Wildman–Crippen LogP) is 3.92. The van der Waals surface area contributed by atoms with Gasteiger partial charge < -0.3 is 4.90 Å². The van der Waals surface area contributed by atoms with Crippen molar-refractivity contribution >= 4 is 5.91 Å². The minimum Gasteiger partial charge on any atom is -0.338 e. The van der Waals surface area contributed by atoms with Crippen molar-refractivity contribution < 1.29 is 9.18 Å². The van der Waals surface area contributed by atoms with Crippen molar-refractivity contribution in [3.8, 4) is 0 Å². The number of piperazine rings is 1. The van der Waals surface area contributed by atoms with Crippen LogP contribution in [0.3, 0.4) is 0 Å². The second-order valence-electron chi connectivity index (χ2n) is 10.6. The lowest BCUT2D eigenvalue weighted by Crippen LogP contribution is -2.62. The van der Waals surface area contributed by atoms with Crippen LogP contribution in [0.1, 0.15) is 72.0 Å². The number of aryl methyl sites for hydroxylation is 3. The highest BCUT2D eigenvalue weighted by Crippen LogP contribution is 2.39. The van der Waals surface area contributed by atoms with E-state index in [2.05, 4.69) is 33.6 Å². The summed E-state index contributed by atoms with van der Waals surface area (Å²) in [6.45, 7) is 13.1. The smallest absolute Gasteiger partial charge is 0.257 e. The van der Waals surface area contributed by atoms with Crippen LogP contribution in [0.5, 0.6) is 0 Å². The van der Waals surface area contributed by atoms with Gasteiger partial charge in [-0.25, -0.2) is 14.4 Å². The molecular formula is C27H36FN5O. The number of piperidine rings is 1. The molecular weight excluding hydrogens is 429 g/mol. The van der Waals surface area contributed by atoms with Crippen LogP contribution < -0.4 is 0 Å². The van der Waals surface area contributed by atoms with E-state index in [1.807, 2.05) is 24.8 Å². The number of hydrogen-bond donors (Lipinski definition) is 0. The Morgan fingerprint density at radius 1 is 1.09 bits per heavy atom. The minimum absolute atomic E-state index is 0.0622. The van der Waals surface area contributed by atoms with Crippen LogP contribution in [0, 0.1) is 19.7 Å². The molecule has 3 heterocycles. The van der Waals surface area contributed by atoms with Gasteiger partial charge in [0.25, 0.3) is 5.91 Å². The fraction of sp³-hybridized carbons (Fsp3) is 0.593. The quantitative estimate of drug-likeness (QED) is 0.688. The van der Waals surface area contributed by atoms with E-state index >= 15 is 0 Å². The molecule has 0 saturated carbocycles. The molecule has 1 aromatic carbocycles. The van der Waals surface area contributed by atoms with Crippen LogP contribution >= 0.6 is 0 Å². The molecule has 3 aliphatic rings. The lowest BCUT2D eigenvalue weighted by atomic mass is 9.86. The van der Waals surface area contributed by atoms with Crippen LogP contribution in [0.25, 0.3) is 0 Å². The number of hydrogen-bond acceptors (Lipinski definition) is 5. The van der Waals surface area contributed by atoms with Gasteiger partial charge in [0.2, 0.25) is 0 Å². The van der Waals surface area contributed by atoms with Crippen molar-refractivity contribution in [3.63, 3.8) is 0 Å². The van der Waals surface area contributed by atoms with Crippen molar-refractivity contribution in [1.29, 1.82) is 0 Å². The van der Waals surface area contributed by atoms with Crippen molar-refractivity contribution in [3.05, 3.63) is 58.4 Å². The molecule has 7 heteroatoms. The number of amides is 1. The Kier molecular flexibility index (Phi) is 6.19. The van der Waals surface area contributed by atoms with Gasteiger partial charge in [-0.2, -0.15) is 0 Å².